The highest BCUT2D eigenvalue weighted by atomic mass is 32.1. The molecule has 4 aromatic carbocycles. The minimum atomic E-state index is -0.659. The van der Waals surface area contributed by atoms with Gasteiger partial charge in [0, 0.05) is 16.9 Å². The number of hydrogen-bond donors (Lipinski definition) is 1. The molecule has 0 fully saturated rings. The number of aromatic nitrogens is 1. The number of amides is 1. The molecule has 5 aromatic rings. The van der Waals surface area contributed by atoms with Crippen molar-refractivity contribution < 1.29 is 4.79 Å². The molecule has 1 amide bonds. The summed E-state index contributed by atoms with van der Waals surface area (Å²) < 4.78 is 0. The first kappa shape index (κ1) is 20.8. The van der Waals surface area contributed by atoms with Gasteiger partial charge in [-0.15, -0.1) is 11.3 Å². The lowest BCUT2D eigenvalue weighted by Crippen LogP contribution is -2.36. The van der Waals surface area contributed by atoms with Crippen molar-refractivity contribution in [3.05, 3.63) is 108 Å². The first-order chi connectivity index (χ1) is 16.5. The zero-order chi connectivity index (χ0) is 23.3. The van der Waals surface area contributed by atoms with Crippen molar-refractivity contribution in [2.45, 2.75) is 19.8 Å². The minimum Gasteiger partial charge on any atom is -0.301 e. The van der Waals surface area contributed by atoms with E-state index in [9.17, 15) is 4.79 Å². The summed E-state index contributed by atoms with van der Waals surface area (Å²) in [5.41, 5.74) is 6.15. The second-order valence-corrected chi connectivity index (χ2v) is 10.2. The average molecular weight is 461 g/mol. The second kappa shape index (κ2) is 7.93. The third-order valence-corrected chi connectivity index (χ3v) is 7.69. The van der Waals surface area contributed by atoms with Gasteiger partial charge in [-0.25, -0.2) is 4.98 Å². The normalized spacial score (nSPS) is 13.0. The van der Waals surface area contributed by atoms with Gasteiger partial charge in [-0.1, -0.05) is 105 Å². The van der Waals surface area contributed by atoms with E-state index in [2.05, 4.69) is 78.1 Å². The molecular formula is C30H24N2OS. The molecule has 3 nitrogen and oxygen atoms in total. The van der Waals surface area contributed by atoms with E-state index in [0.29, 0.717) is 5.13 Å². The van der Waals surface area contributed by atoms with E-state index in [1.54, 1.807) is 0 Å². The number of fused-ring (bicyclic) bond motifs is 4. The van der Waals surface area contributed by atoms with Gasteiger partial charge in [0.15, 0.2) is 5.13 Å². The van der Waals surface area contributed by atoms with Crippen LogP contribution >= 0.6 is 11.3 Å². The molecule has 1 aliphatic rings. The third-order valence-electron chi connectivity index (χ3n) is 6.93. The smallest absolute Gasteiger partial charge is 0.232 e. The van der Waals surface area contributed by atoms with Crippen molar-refractivity contribution in [2.24, 2.45) is 5.41 Å². The summed E-state index contributed by atoms with van der Waals surface area (Å²) in [5, 5.41) is 8.11. The van der Waals surface area contributed by atoms with E-state index in [-0.39, 0.29) is 11.8 Å². The van der Waals surface area contributed by atoms with Crippen LogP contribution < -0.4 is 5.32 Å². The minimum absolute atomic E-state index is 0.0163. The summed E-state index contributed by atoms with van der Waals surface area (Å²) in [6.45, 7) is 4.07. The van der Waals surface area contributed by atoms with Gasteiger partial charge in [0.1, 0.15) is 0 Å². The Morgan fingerprint density at radius 3 is 2.12 bits per heavy atom. The Morgan fingerprint density at radius 2 is 1.38 bits per heavy atom. The van der Waals surface area contributed by atoms with E-state index in [4.69, 9.17) is 4.98 Å². The van der Waals surface area contributed by atoms with Gasteiger partial charge in [-0.05, 0) is 33.0 Å². The summed E-state index contributed by atoms with van der Waals surface area (Å²) in [7, 11) is 0. The van der Waals surface area contributed by atoms with Crippen LogP contribution in [-0.4, -0.2) is 10.9 Å². The number of benzene rings is 4. The van der Waals surface area contributed by atoms with Crippen LogP contribution in [0.2, 0.25) is 0 Å². The number of nitrogens with one attached hydrogen (secondary N) is 1. The van der Waals surface area contributed by atoms with Crippen LogP contribution in [0, 0.1) is 5.41 Å². The largest absolute Gasteiger partial charge is 0.301 e. The van der Waals surface area contributed by atoms with Gasteiger partial charge in [0.25, 0.3) is 0 Å². The lowest BCUT2D eigenvalue weighted by molar-refractivity contribution is -0.124. The Bertz CT molecular complexity index is 1500. The molecule has 0 spiro atoms. The molecule has 1 heterocycles. The zero-order valence-electron chi connectivity index (χ0n) is 19.1. The Balaban J connectivity index is 1.32. The molecule has 1 aromatic heterocycles. The summed E-state index contributed by atoms with van der Waals surface area (Å²) >= 11 is 1.47. The Labute approximate surface area is 203 Å². The first-order valence-electron chi connectivity index (χ1n) is 11.5. The van der Waals surface area contributed by atoms with E-state index >= 15 is 0 Å². The summed E-state index contributed by atoms with van der Waals surface area (Å²) in [6, 6.07) is 31.4. The number of carbonyl (C=O) groups excluding carboxylic acids is 1. The monoisotopic (exact) mass is 460 g/mol. The van der Waals surface area contributed by atoms with Gasteiger partial charge < -0.3 is 5.32 Å². The fourth-order valence-corrected chi connectivity index (χ4v) is 5.93. The summed E-state index contributed by atoms with van der Waals surface area (Å²) in [6.07, 6.45) is 0. The summed E-state index contributed by atoms with van der Waals surface area (Å²) in [4.78, 5) is 18.4. The maximum atomic E-state index is 13.7. The second-order valence-electron chi connectivity index (χ2n) is 9.35. The highest BCUT2D eigenvalue weighted by Gasteiger charge is 2.44. The predicted octanol–water partition coefficient (Wildman–Crippen LogP) is 7.74. The third kappa shape index (κ3) is 3.25. The topological polar surface area (TPSA) is 42.0 Å². The maximum absolute atomic E-state index is 13.7. The van der Waals surface area contributed by atoms with Crippen molar-refractivity contribution in [3.63, 3.8) is 0 Å². The summed E-state index contributed by atoms with van der Waals surface area (Å²) in [5.74, 6) is -0.0415. The molecule has 166 valence electrons. The van der Waals surface area contributed by atoms with Crippen LogP contribution in [0.5, 0.6) is 0 Å². The van der Waals surface area contributed by atoms with Crippen molar-refractivity contribution in [1.29, 1.82) is 0 Å². The molecule has 0 atom stereocenters. The number of nitrogens with zero attached hydrogens (tertiary/aromatic N) is 1. The van der Waals surface area contributed by atoms with Crippen LogP contribution in [0.15, 0.2) is 96.4 Å². The molecule has 1 N–H and O–H groups in total. The van der Waals surface area contributed by atoms with E-state index in [1.807, 2.05) is 37.4 Å². The fraction of sp³-hybridized carbons (Fsp3) is 0.133. The molecule has 0 bridgehead atoms. The van der Waals surface area contributed by atoms with Crippen LogP contribution in [0.4, 0.5) is 5.13 Å². The quantitative estimate of drug-likeness (QED) is 0.298. The highest BCUT2D eigenvalue weighted by Crippen LogP contribution is 2.52. The molecule has 6 rings (SSSR count). The maximum Gasteiger partial charge on any atom is 0.232 e. The predicted molar refractivity (Wildman–Crippen MR) is 141 cm³/mol. The van der Waals surface area contributed by atoms with Crippen LogP contribution in [-0.2, 0) is 4.79 Å². The average Bonchev–Trinajstić information content (AvgIpc) is 3.46. The van der Waals surface area contributed by atoms with E-state index in [1.165, 1.54) is 39.0 Å². The van der Waals surface area contributed by atoms with Gasteiger partial charge in [-0.2, -0.15) is 0 Å². The molecule has 34 heavy (non-hydrogen) atoms. The Morgan fingerprint density at radius 1 is 0.794 bits per heavy atom. The molecule has 0 radical (unpaired) electrons. The zero-order valence-corrected chi connectivity index (χ0v) is 19.9. The van der Waals surface area contributed by atoms with E-state index in [0.717, 1.165) is 16.6 Å². The Kier molecular flexibility index (Phi) is 4.85. The van der Waals surface area contributed by atoms with Crippen molar-refractivity contribution in [2.75, 3.05) is 5.32 Å². The number of hydrogen-bond acceptors (Lipinski definition) is 3. The fourth-order valence-electron chi connectivity index (χ4n) is 5.23. The lowest BCUT2D eigenvalue weighted by atomic mass is 9.73. The van der Waals surface area contributed by atoms with Crippen LogP contribution in [0.1, 0.15) is 30.9 Å². The van der Waals surface area contributed by atoms with Crippen LogP contribution in [0.3, 0.4) is 0 Å². The number of anilines is 1. The molecule has 0 saturated carbocycles. The van der Waals surface area contributed by atoms with Gasteiger partial charge in [-0.3, -0.25) is 4.79 Å². The van der Waals surface area contributed by atoms with Crippen molar-refractivity contribution >= 4 is 33.1 Å². The molecule has 1 aliphatic carbocycles. The molecule has 0 saturated heterocycles. The van der Waals surface area contributed by atoms with Gasteiger partial charge in [0.05, 0.1) is 11.1 Å². The van der Waals surface area contributed by atoms with Crippen LogP contribution in [0.25, 0.3) is 33.2 Å². The SMILES string of the molecule is CC(C)(C(=O)Nc1nc(-c2cccc3ccccc23)cs1)C1c2ccccc2-c2ccccc21. The van der Waals surface area contributed by atoms with Gasteiger partial charge in [0.2, 0.25) is 5.91 Å². The van der Waals surface area contributed by atoms with E-state index < -0.39 is 5.41 Å². The Hall–Kier alpha value is -3.76. The standard InChI is InChI=1S/C30H24N2OS/c1-30(2,27-24-15-7-5-13-21(24)22-14-6-8-16-25(22)27)28(33)32-29-31-26(18-34-29)23-17-9-11-19-10-3-4-12-20(19)23/h3-18,27H,1-2H3,(H,31,32,33). The number of rotatable bonds is 4. The molecule has 4 heteroatoms. The first-order valence-corrected chi connectivity index (χ1v) is 12.4. The molecule has 0 unspecified atom stereocenters. The molecule has 0 aliphatic heterocycles. The molecular weight excluding hydrogens is 436 g/mol. The number of carbonyl (C=O) groups is 1. The van der Waals surface area contributed by atoms with Gasteiger partial charge >= 0.3 is 0 Å². The number of thiazole rings is 1. The lowest BCUT2D eigenvalue weighted by Gasteiger charge is -2.31. The van der Waals surface area contributed by atoms with Crippen molar-refractivity contribution in [1.82, 2.24) is 4.98 Å². The van der Waals surface area contributed by atoms with Crippen molar-refractivity contribution in [3.8, 4) is 22.4 Å². The highest BCUT2D eigenvalue weighted by molar-refractivity contribution is 7.14.